The molecule has 3 nitrogen and oxygen atoms in total. The second-order valence-electron chi connectivity index (χ2n) is 4.03. The van der Waals surface area contributed by atoms with Crippen LogP contribution in [-0.4, -0.2) is 26.5 Å². The molecule has 1 fully saturated rings. The van der Waals surface area contributed by atoms with Crippen LogP contribution >= 0.6 is 0 Å². The van der Waals surface area contributed by atoms with Gasteiger partial charge in [0, 0.05) is 12.3 Å². The zero-order chi connectivity index (χ0) is 9.41. The molecule has 72 valence electrons. The smallest absolute Gasteiger partial charge is 0.147 e. The Labute approximate surface area is 74.3 Å². The summed E-state index contributed by atoms with van der Waals surface area (Å²) in [5.41, 5.74) is 5.92. The van der Waals surface area contributed by atoms with E-state index in [1.165, 1.54) is 6.26 Å². The lowest BCUT2D eigenvalue weighted by Crippen LogP contribution is -2.29. The van der Waals surface area contributed by atoms with Gasteiger partial charge in [0.25, 0.3) is 0 Å². The Morgan fingerprint density at radius 2 is 2.00 bits per heavy atom. The summed E-state index contributed by atoms with van der Waals surface area (Å²) in [6, 6.07) is 0.138. The highest BCUT2D eigenvalue weighted by atomic mass is 32.2. The third kappa shape index (κ3) is 2.45. The van der Waals surface area contributed by atoms with Crippen molar-refractivity contribution in [2.45, 2.75) is 32.2 Å². The van der Waals surface area contributed by atoms with Crippen molar-refractivity contribution in [2.75, 3.05) is 12.0 Å². The van der Waals surface area contributed by atoms with Crippen LogP contribution in [0.1, 0.15) is 26.2 Å². The van der Waals surface area contributed by atoms with E-state index in [0.29, 0.717) is 0 Å². The van der Waals surface area contributed by atoms with Gasteiger partial charge in [0.15, 0.2) is 0 Å². The molecule has 0 saturated heterocycles. The lowest BCUT2D eigenvalue weighted by molar-refractivity contribution is 0.407. The van der Waals surface area contributed by atoms with Gasteiger partial charge in [0.05, 0.1) is 5.75 Å². The average molecular weight is 191 g/mol. The lowest BCUT2D eigenvalue weighted by atomic mass is 9.96. The molecular weight excluding hydrogens is 174 g/mol. The van der Waals surface area contributed by atoms with Crippen molar-refractivity contribution in [3.05, 3.63) is 0 Å². The van der Waals surface area contributed by atoms with E-state index in [-0.39, 0.29) is 17.2 Å². The van der Waals surface area contributed by atoms with Gasteiger partial charge >= 0.3 is 0 Å². The number of hydrogen-bond acceptors (Lipinski definition) is 3. The minimum Gasteiger partial charge on any atom is -0.327 e. The average Bonchev–Trinajstić information content (AvgIpc) is 2.61. The first-order valence-corrected chi connectivity index (χ1v) is 6.35. The van der Waals surface area contributed by atoms with Gasteiger partial charge in [-0.05, 0) is 31.6 Å². The van der Waals surface area contributed by atoms with Gasteiger partial charge in [-0.1, -0.05) is 0 Å². The molecule has 0 aromatic heterocycles. The predicted octanol–water partition coefficient (Wildman–Crippen LogP) is 0.548. The Bertz CT molecular complexity index is 252. The van der Waals surface area contributed by atoms with Crippen LogP contribution in [0.2, 0.25) is 0 Å². The topological polar surface area (TPSA) is 60.2 Å². The first kappa shape index (κ1) is 9.99. The van der Waals surface area contributed by atoms with Crippen molar-refractivity contribution < 1.29 is 8.42 Å². The Morgan fingerprint density at radius 3 is 2.25 bits per heavy atom. The fourth-order valence-electron chi connectivity index (χ4n) is 1.48. The molecule has 1 aliphatic carbocycles. The monoisotopic (exact) mass is 191 g/mol. The first-order valence-electron chi connectivity index (χ1n) is 4.29. The molecule has 0 aromatic carbocycles. The molecule has 0 radical (unpaired) electrons. The molecule has 1 rings (SSSR count). The molecular formula is C8H17NO2S. The maximum atomic E-state index is 10.9. The van der Waals surface area contributed by atoms with Crippen molar-refractivity contribution >= 4 is 9.84 Å². The Balaban J connectivity index is 2.43. The fourth-order valence-corrected chi connectivity index (χ4v) is 2.26. The van der Waals surface area contributed by atoms with E-state index in [1.54, 1.807) is 0 Å². The predicted molar refractivity (Wildman–Crippen MR) is 49.6 cm³/mol. The zero-order valence-electron chi connectivity index (χ0n) is 7.71. The van der Waals surface area contributed by atoms with Gasteiger partial charge in [0.1, 0.15) is 9.84 Å². The molecule has 0 amide bonds. The number of nitrogens with two attached hydrogens (primary N) is 1. The molecule has 1 aliphatic rings. The van der Waals surface area contributed by atoms with Gasteiger partial charge in [-0.2, -0.15) is 0 Å². The van der Waals surface area contributed by atoms with E-state index in [0.717, 1.165) is 19.3 Å². The van der Waals surface area contributed by atoms with Crippen molar-refractivity contribution in [1.82, 2.24) is 0 Å². The minimum absolute atomic E-state index is 0.138. The van der Waals surface area contributed by atoms with Crippen molar-refractivity contribution in [1.29, 1.82) is 0 Å². The van der Waals surface area contributed by atoms with Crippen molar-refractivity contribution in [2.24, 2.45) is 11.1 Å². The molecule has 1 saturated carbocycles. The Kier molecular flexibility index (Phi) is 2.50. The highest BCUT2D eigenvalue weighted by Crippen LogP contribution is 2.51. The highest BCUT2D eigenvalue weighted by molar-refractivity contribution is 7.90. The van der Waals surface area contributed by atoms with Crippen LogP contribution in [0.15, 0.2) is 0 Å². The van der Waals surface area contributed by atoms with Gasteiger partial charge in [-0.3, -0.25) is 0 Å². The second-order valence-corrected chi connectivity index (χ2v) is 6.29. The fraction of sp³-hybridized carbons (Fsp3) is 1.00. The van der Waals surface area contributed by atoms with Crippen molar-refractivity contribution in [3.8, 4) is 0 Å². The number of rotatable bonds is 4. The van der Waals surface area contributed by atoms with Crippen molar-refractivity contribution in [3.63, 3.8) is 0 Å². The van der Waals surface area contributed by atoms with Crippen LogP contribution in [0.5, 0.6) is 0 Å². The summed E-state index contributed by atoms with van der Waals surface area (Å²) < 4.78 is 21.8. The van der Waals surface area contributed by atoms with E-state index in [1.807, 2.05) is 6.92 Å². The third-order valence-corrected chi connectivity index (χ3v) is 3.77. The summed E-state index contributed by atoms with van der Waals surface area (Å²) >= 11 is 0. The Morgan fingerprint density at radius 1 is 1.50 bits per heavy atom. The maximum absolute atomic E-state index is 10.9. The van der Waals surface area contributed by atoms with E-state index < -0.39 is 9.84 Å². The highest BCUT2D eigenvalue weighted by Gasteiger charge is 2.45. The largest absolute Gasteiger partial charge is 0.327 e. The Hall–Kier alpha value is -0.0900. The number of sulfone groups is 1. The summed E-state index contributed by atoms with van der Waals surface area (Å²) in [5.74, 6) is 0.286. The lowest BCUT2D eigenvalue weighted by Gasteiger charge is -2.18. The summed E-state index contributed by atoms with van der Waals surface area (Å²) in [4.78, 5) is 0. The first-order chi connectivity index (χ1) is 5.36. The number of hydrogen-bond donors (Lipinski definition) is 1. The molecule has 0 heterocycles. The normalized spacial score (nSPS) is 23.6. The van der Waals surface area contributed by atoms with Crippen LogP contribution in [0.4, 0.5) is 0 Å². The summed E-state index contributed by atoms with van der Waals surface area (Å²) in [6.45, 7) is 1.97. The van der Waals surface area contributed by atoms with Crippen LogP contribution in [0.3, 0.4) is 0 Å². The molecule has 0 spiro atoms. The molecule has 0 aromatic rings. The van der Waals surface area contributed by atoms with E-state index in [4.69, 9.17) is 5.73 Å². The van der Waals surface area contributed by atoms with E-state index >= 15 is 0 Å². The van der Waals surface area contributed by atoms with Gasteiger partial charge in [-0.15, -0.1) is 0 Å². The minimum atomic E-state index is -2.81. The second kappa shape index (κ2) is 3.00. The molecule has 0 aliphatic heterocycles. The summed E-state index contributed by atoms with van der Waals surface area (Å²) in [5, 5.41) is 0. The SMILES string of the molecule is CC(N)C1(CCS(C)(=O)=O)CC1. The van der Waals surface area contributed by atoms with Crippen LogP contribution in [0, 0.1) is 5.41 Å². The standard InChI is InChI=1S/C8H17NO2S/c1-7(9)8(3-4-8)5-6-12(2,10)11/h7H,3-6,9H2,1-2H3. The van der Waals surface area contributed by atoms with Gasteiger partial charge in [-0.25, -0.2) is 8.42 Å². The van der Waals surface area contributed by atoms with Gasteiger partial charge < -0.3 is 5.73 Å². The molecule has 0 bridgehead atoms. The molecule has 4 heteroatoms. The molecule has 1 atom stereocenters. The third-order valence-electron chi connectivity index (χ3n) is 2.83. The molecule has 12 heavy (non-hydrogen) atoms. The van der Waals surface area contributed by atoms with E-state index in [2.05, 4.69) is 0 Å². The summed E-state index contributed by atoms with van der Waals surface area (Å²) in [6.07, 6.45) is 4.22. The molecule has 2 N–H and O–H groups in total. The molecule has 1 unspecified atom stereocenters. The maximum Gasteiger partial charge on any atom is 0.147 e. The zero-order valence-corrected chi connectivity index (χ0v) is 8.52. The summed E-state index contributed by atoms with van der Waals surface area (Å²) in [7, 11) is -2.81. The van der Waals surface area contributed by atoms with Gasteiger partial charge in [0.2, 0.25) is 0 Å². The van der Waals surface area contributed by atoms with Crippen LogP contribution in [0.25, 0.3) is 0 Å². The van der Waals surface area contributed by atoms with Crippen LogP contribution < -0.4 is 5.73 Å². The quantitative estimate of drug-likeness (QED) is 0.706. The van der Waals surface area contributed by atoms with E-state index in [9.17, 15) is 8.42 Å². The van der Waals surface area contributed by atoms with Crippen LogP contribution in [-0.2, 0) is 9.84 Å².